The third-order valence-corrected chi connectivity index (χ3v) is 4.83. The molecule has 3 rings (SSSR count). The Morgan fingerprint density at radius 3 is 2.73 bits per heavy atom. The zero-order chi connectivity index (χ0) is 18.5. The third-order valence-electron chi connectivity index (χ3n) is 4.83. The highest BCUT2D eigenvalue weighted by Gasteiger charge is 2.30. The second-order valence-corrected chi connectivity index (χ2v) is 6.62. The first-order chi connectivity index (χ1) is 12.6. The molecular weight excluding hydrogens is 338 g/mol. The Bertz CT molecular complexity index is 741. The first-order valence-corrected chi connectivity index (χ1v) is 9.06. The number of nitrogens with zero attached hydrogens (tertiary/aromatic N) is 3. The van der Waals surface area contributed by atoms with Gasteiger partial charge in [0, 0.05) is 31.3 Å². The van der Waals surface area contributed by atoms with E-state index in [0.29, 0.717) is 31.7 Å². The normalized spacial score (nSPS) is 16.5. The number of rotatable bonds is 5. The van der Waals surface area contributed by atoms with Crippen LogP contribution in [0.1, 0.15) is 37.9 Å². The molecule has 1 N–H and O–H groups in total. The van der Waals surface area contributed by atoms with Gasteiger partial charge in [-0.3, -0.25) is 5.32 Å². The van der Waals surface area contributed by atoms with Gasteiger partial charge in [-0.05, 0) is 31.2 Å². The first-order valence-electron chi connectivity index (χ1n) is 9.06. The van der Waals surface area contributed by atoms with Crippen LogP contribution < -0.4 is 5.32 Å². The van der Waals surface area contributed by atoms with Crippen LogP contribution in [0.4, 0.5) is 19.4 Å². The smallest absolute Gasteiger partial charge is 0.322 e. The fourth-order valence-corrected chi connectivity index (χ4v) is 3.37. The maximum atomic E-state index is 14.7. The molecule has 0 saturated carbocycles. The summed E-state index contributed by atoms with van der Waals surface area (Å²) < 4.78 is 30.2. The molecule has 2 aromatic rings. The Labute approximate surface area is 152 Å². The number of nitrogens with one attached hydrogen (secondary N) is 1. The summed E-state index contributed by atoms with van der Waals surface area (Å²) in [6.07, 6.45) is 2.25. The second-order valence-electron chi connectivity index (χ2n) is 6.62. The lowest BCUT2D eigenvalue weighted by molar-refractivity contribution is 0.132. The minimum absolute atomic E-state index is 0.110. The summed E-state index contributed by atoms with van der Waals surface area (Å²) in [5.74, 6) is -0.125. The van der Waals surface area contributed by atoms with Crippen LogP contribution in [0.3, 0.4) is 0 Å². The van der Waals surface area contributed by atoms with Crippen LogP contribution in [0.25, 0.3) is 0 Å². The maximum absolute atomic E-state index is 14.7. The number of alkyl halides is 1. The molecule has 1 saturated heterocycles. The van der Waals surface area contributed by atoms with Crippen molar-refractivity contribution < 1.29 is 13.6 Å². The van der Waals surface area contributed by atoms with E-state index in [1.54, 1.807) is 34.0 Å². The number of aromatic nitrogens is 2. The van der Waals surface area contributed by atoms with Crippen LogP contribution in [0.15, 0.2) is 36.5 Å². The second kappa shape index (κ2) is 8.29. The van der Waals surface area contributed by atoms with Crippen LogP contribution >= 0.6 is 0 Å². The van der Waals surface area contributed by atoms with Gasteiger partial charge >= 0.3 is 6.03 Å². The number of amides is 2. The standard InChI is InChI=1S/C19H24F2N4O/c1-2-11-25-17(7-10-22-25)23-19(26)24-12-8-14(9-13-24)18(21)15-5-3-4-6-16(15)20/h3-7,10,14,18H,2,8-9,11-13H2,1H3,(H,23,26). The Morgan fingerprint density at radius 2 is 2.04 bits per heavy atom. The molecule has 0 bridgehead atoms. The molecule has 1 unspecified atom stereocenters. The van der Waals surface area contributed by atoms with Gasteiger partial charge in [0.05, 0.1) is 6.20 Å². The Hall–Kier alpha value is -2.44. The van der Waals surface area contributed by atoms with Gasteiger partial charge in [-0.2, -0.15) is 5.10 Å². The van der Waals surface area contributed by atoms with Crippen LogP contribution in [0.5, 0.6) is 0 Å². The molecule has 7 heteroatoms. The zero-order valence-corrected chi connectivity index (χ0v) is 14.9. The van der Waals surface area contributed by atoms with E-state index < -0.39 is 12.0 Å². The zero-order valence-electron chi connectivity index (χ0n) is 14.9. The van der Waals surface area contributed by atoms with Gasteiger partial charge < -0.3 is 4.90 Å². The van der Waals surface area contributed by atoms with Gasteiger partial charge in [-0.1, -0.05) is 25.1 Å². The lowest BCUT2D eigenvalue weighted by atomic mass is 9.88. The van der Waals surface area contributed by atoms with Gasteiger partial charge in [0.25, 0.3) is 0 Å². The number of hydrogen-bond donors (Lipinski definition) is 1. The summed E-state index contributed by atoms with van der Waals surface area (Å²) in [6.45, 7) is 3.68. The van der Waals surface area contributed by atoms with Crippen molar-refractivity contribution >= 4 is 11.8 Å². The molecule has 26 heavy (non-hydrogen) atoms. The van der Waals surface area contributed by atoms with Crippen molar-refractivity contribution in [3.63, 3.8) is 0 Å². The van der Waals surface area contributed by atoms with E-state index >= 15 is 0 Å². The minimum atomic E-state index is -1.34. The average Bonchev–Trinajstić information content (AvgIpc) is 3.09. The van der Waals surface area contributed by atoms with Gasteiger partial charge in [0.15, 0.2) is 0 Å². The molecule has 0 radical (unpaired) electrons. The van der Waals surface area contributed by atoms with Crippen LogP contribution in [-0.4, -0.2) is 33.8 Å². The van der Waals surface area contributed by atoms with Crippen molar-refractivity contribution in [3.05, 3.63) is 47.9 Å². The van der Waals surface area contributed by atoms with E-state index in [0.717, 1.165) is 13.0 Å². The number of aryl methyl sites for hydroxylation is 1. The first kappa shape index (κ1) is 18.4. The van der Waals surface area contributed by atoms with E-state index in [1.807, 2.05) is 6.92 Å². The van der Waals surface area contributed by atoms with Crippen LogP contribution in [0, 0.1) is 11.7 Å². The number of likely N-dealkylation sites (tertiary alicyclic amines) is 1. The third kappa shape index (κ3) is 4.03. The molecule has 1 aromatic heterocycles. The highest BCUT2D eigenvalue weighted by Crippen LogP contribution is 2.35. The predicted octanol–water partition coefficient (Wildman–Crippen LogP) is 4.39. The molecule has 2 amide bonds. The molecular formula is C19H24F2N4O. The fraction of sp³-hybridized carbons (Fsp3) is 0.474. The van der Waals surface area contributed by atoms with Crippen LogP contribution in [0.2, 0.25) is 0 Å². The highest BCUT2D eigenvalue weighted by atomic mass is 19.1. The van der Waals surface area contributed by atoms with Crippen LogP contribution in [-0.2, 0) is 6.54 Å². The Morgan fingerprint density at radius 1 is 1.31 bits per heavy atom. The predicted molar refractivity (Wildman–Crippen MR) is 96.1 cm³/mol. The van der Waals surface area contributed by atoms with Gasteiger partial charge in [0.2, 0.25) is 0 Å². The SMILES string of the molecule is CCCn1nccc1NC(=O)N1CCC(C(F)c2ccccc2F)CC1. The molecule has 0 aliphatic carbocycles. The van der Waals surface area contributed by atoms with E-state index in [9.17, 15) is 13.6 Å². The lowest BCUT2D eigenvalue weighted by Crippen LogP contribution is -2.42. The summed E-state index contributed by atoms with van der Waals surface area (Å²) in [5.41, 5.74) is 0.110. The number of halogens is 2. The molecule has 2 heterocycles. The number of urea groups is 1. The number of piperidine rings is 1. The van der Waals surface area contributed by atoms with Gasteiger partial charge in [-0.25, -0.2) is 18.3 Å². The van der Waals surface area contributed by atoms with Crippen molar-refractivity contribution in [2.75, 3.05) is 18.4 Å². The average molecular weight is 362 g/mol. The Kier molecular flexibility index (Phi) is 5.85. The minimum Gasteiger partial charge on any atom is -0.324 e. The number of anilines is 1. The molecule has 1 aromatic carbocycles. The molecule has 1 aliphatic heterocycles. The molecule has 1 fully saturated rings. The van der Waals surface area contributed by atoms with Crippen molar-refractivity contribution in [1.29, 1.82) is 0 Å². The van der Waals surface area contributed by atoms with Crippen molar-refractivity contribution in [2.24, 2.45) is 5.92 Å². The monoisotopic (exact) mass is 362 g/mol. The van der Waals surface area contributed by atoms with Crippen molar-refractivity contribution in [3.8, 4) is 0 Å². The lowest BCUT2D eigenvalue weighted by Gasteiger charge is -2.33. The number of hydrogen-bond acceptors (Lipinski definition) is 2. The maximum Gasteiger partial charge on any atom is 0.322 e. The summed E-state index contributed by atoms with van der Waals surface area (Å²) in [5, 5.41) is 7.04. The quantitative estimate of drug-likeness (QED) is 0.858. The Balaban J connectivity index is 1.55. The summed E-state index contributed by atoms with van der Waals surface area (Å²) in [7, 11) is 0. The summed E-state index contributed by atoms with van der Waals surface area (Å²) >= 11 is 0. The van der Waals surface area contributed by atoms with Crippen molar-refractivity contribution in [1.82, 2.24) is 14.7 Å². The largest absolute Gasteiger partial charge is 0.324 e. The summed E-state index contributed by atoms with van der Waals surface area (Å²) in [6, 6.07) is 7.53. The molecule has 1 aliphatic rings. The highest BCUT2D eigenvalue weighted by molar-refractivity contribution is 5.88. The number of carbonyl (C=O) groups is 1. The van der Waals surface area contributed by atoms with E-state index in [2.05, 4.69) is 10.4 Å². The number of carbonyl (C=O) groups excluding carboxylic acids is 1. The van der Waals surface area contributed by atoms with E-state index in [4.69, 9.17) is 0 Å². The van der Waals surface area contributed by atoms with E-state index in [1.165, 1.54) is 12.1 Å². The molecule has 0 spiro atoms. The van der Waals surface area contributed by atoms with Gasteiger partial charge in [0.1, 0.15) is 17.8 Å². The van der Waals surface area contributed by atoms with Crippen molar-refractivity contribution in [2.45, 2.75) is 38.9 Å². The molecule has 1 atom stereocenters. The topological polar surface area (TPSA) is 50.2 Å². The molecule has 140 valence electrons. The fourth-order valence-electron chi connectivity index (χ4n) is 3.37. The summed E-state index contributed by atoms with van der Waals surface area (Å²) in [4.78, 5) is 14.1. The molecule has 5 nitrogen and oxygen atoms in total. The van der Waals surface area contributed by atoms with Gasteiger partial charge in [-0.15, -0.1) is 0 Å². The number of benzene rings is 1. The van der Waals surface area contributed by atoms with E-state index in [-0.39, 0.29) is 17.5 Å².